The molecule has 0 saturated carbocycles. The highest BCUT2D eigenvalue weighted by Gasteiger charge is 2.16. The summed E-state index contributed by atoms with van der Waals surface area (Å²) in [6.45, 7) is 4.76. The molecule has 0 amide bonds. The third kappa shape index (κ3) is 3.55. The van der Waals surface area contributed by atoms with Crippen LogP contribution in [0.2, 0.25) is 5.02 Å². The third-order valence-corrected chi connectivity index (χ3v) is 3.86. The Morgan fingerprint density at radius 1 is 1.19 bits per heavy atom. The van der Waals surface area contributed by atoms with Crippen molar-refractivity contribution in [3.8, 4) is 5.75 Å². The van der Waals surface area contributed by atoms with Crippen LogP contribution in [-0.4, -0.2) is 13.7 Å². The van der Waals surface area contributed by atoms with Crippen molar-refractivity contribution in [2.45, 2.75) is 19.9 Å². The van der Waals surface area contributed by atoms with E-state index in [2.05, 4.69) is 5.32 Å². The van der Waals surface area contributed by atoms with Crippen LogP contribution in [0.25, 0.3) is 0 Å². The number of rotatable bonds is 5. The molecule has 0 heterocycles. The summed E-state index contributed by atoms with van der Waals surface area (Å²) >= 11 is 6.08. The molecule has 0 aromatic heterocycles. The van der Waals surface area contributed by atoms with Crippen LogP contribution in [0.1, 0.15) is 29.7 Å². The number of benzene rings is 2. The van der Waals surface area contributed by atoms with Crippen LogP contribution in [0.5, 0.6) is 5.75 Å². The summed E-state index contributed by atoms with van der Waals surface area (Å²) < 4.78 is 18.9. The van der Waals surface area contributed by atoms with Gasteiger partial charge in [0, 0.05) is 5.02 Å². The molecule has 4 heteroatoms. The van der Waals surface area contributed by atoms with E-state index in [0.29, 0.717) is 0 Å². The van der Waals surface area contributed by atoms with Crippen molar-refractivity contribution in [1.29, 1.82) is 0 Å². The molecule has 21 heavy (non-hydrogen) atoms. The molecule has 2 rings (SSSR count). The molecule has 0 bridgehead atoms. The van der Waals surface area contributed by atoms with Crippen LogP contribution in [0, 0.1) is 12.7 Å². The quantitative estimate of drug-likeness (QED) is 0.878. The van der Waals surface area contributed by atoms with Gasteiger partial charge in [-0.2, -0.15) is 0 Å². The lowest BCUT2D eigenvalue weighted by molar-refractivity contribution is 0.385. The van der Waals surface area contributed by atoms with Crippen molar-refractivity contribution in [3.05, 3.63) is 63.9 Å². The highest BCUT2D eigenvalue weighted by atomic mass is 35.5. The second-order valence-corrected chi connectivity index (χ2v) is 5.30. The number of methoxy groups -OCH3 is 1. The molecule has 0 spiro atoms. The van der Waals surface area contributed by atoms with E-state index in [-0.39, 0.29) is 17.6 Å². The lowest BCUT2D eigenvalue weighted by atomic mass is 9.97. The molecule has 0 aliphatic heterocycles. The van der Waals surface area contributed by atoms with Gasteiger partial charge in [-0.1, -0.05) is 36.7 Å². The standard InChI is InChI=1S/C17H19ClFNO/c1-4-20-17(12-5-7-14(18)11(2)9-12)13-6-8-16(21-3)15(19)10-13/h5-10,17,20H,4H2,1-3H3. The molecule has 2 nitrogen and oxygen atoms in total. The molecular weight excluding hydrogens is 289 g/mol. The Morgan fingerprint density at radius 2 is 1.86 bits per heavy atom. The second kappa shape index (κ2) is 6.92. The molecule has 1 unspecified atom stereocenters. The fraction of sp³-hybridized carbons (Fsp3) is 0.294. The first-order chi connectivity index (χ1) is 10.1. The minimum Gasteiger partial charge on any atom is -0.494 e. The Balaban J connectivity index is 2.42. The zero-order chi connectivity index (χ0) is 15.4. The van der Waals surface area contributed by atoms with Gasteiger partial charge in [-0.05, 0) is 48.4 Å². The first-order valence-corrected chi connectivity index (χ1v) is 7.27. The summed E-state index contributed by atoms with van der Waals surface area (Å²) in [5, 5.41) is 4.11. The number of aryl methyl sites for hydroxylation is 1. The fourth-order valence-corrected chi connectivity index (χ4v) is 2.46. The number of ether oxygens (including phenoxy) is 1. The monoisotopic (exact) mass is 307 g/mol. The van der Waals surface area contributed by atoms with E-state index >= 15 is 0 Å². The van der Waals surface area contributed by atoms with Gasteiger partial charge in [0.1, 0.15) is 0 Å². The summed E-state index contributed by atoms with van der Waals surface area (Å²) in [6.07, 6.45) is 0. The molecule has 1 atom stereocenters. The first-order valence-electron chi connectivity index (χ1n) is 6.89. The van der Waals surface area contributed by atoms with E-state index in [1.165, 1.54) is 13.2 Å². The Kier molecular flexibility index (Phi) is 5.21. The van der Waals surface area contributed by atoms with Crippen molar-refractivity contribution < 1.29 is 9.13 Å². The van der Waals surface area contributed by atoms with Crippen LogP contribution >= 0.6 is 11.6 Å². The van der Waals surface area contributed by atoms with Gasteiger partial charge in [0.2, 0.25) is 0 Å². The van der Waals surface area contributed by atoms with Crippen LogP contribution in [0.4, 0.5) is 4.39 Å². The summed E-state index contributed by atoms with van der Waals surface area (Å²) in [4.78, 5) is 0. The topological polar surface area (TPSA) is 21.3 Å². The molecule has 0 radical (unpaired) electrons. The van der Waals surface area contributed by atoms with Gasteiger partial charge in [-0.25, -0.2) is 4.39 Å². The van der Waals surface area contributed by atoms with Gasteiger partial charge in [0.15, 0.2) is 11.6 Å². The minimum absolute atomic E-state index is 0.0774. The molecule has 1 N–H and O–H groups in total. The molecular formula is C17H19ClFNO. The largest absolute Gasteiger partial charge is 0.494 e. The predicted octanol–water partition coefficient (Wildman–Crippen LogP) is 4.50. The predicted molar refractivity (Wildman–Crippen MR) is 84.7 cm³/mol. The van der Waals surface area contributed by atoms with Gasteiger partial charge in [0.25, 0.3) is 0 Å². The van der Waals surface area contributed by atoms with E-state index in [4.69, 9.17) is 16.3 Å². The third-order valence-electron chi connectivity index (χ3n) is 3.43. The molecule has 112 valence electrons. The fourth-order valence-electron chi connectivity index (χ4n) is 2.34. The highest BCUT2D eigenvalue weighted by Crippen LogP contribution is 2.28. The van der Waals surface area contributed by atoms with E-state index < -0.39 is 0 Å². The summed E-state index contributed by atoms with van der Waals surface area (Å²) in [7, 11) is 1.46. The zero-order valence-corrected chi connectivity index (χ0v) is 13.2. The lowest BCUT2D eigenvalue weighted by Gasteiger charge is -2.20. The van der Waals surface area contributed by atoms with Crippen molar-refractivity contribution in [2.24, 2.45) is 0 Å². The lowest BCUT2D eigenvalue weighted by Crippen LogP contribution is -2.22. The van der Waals surface area contributed by atoms with Gasteiger partial charge in [-0.15, -0.1) is 0 Å². The number of hydrogen-bond donors (Lipinski definition) is 1. The molecule has 2 aromatic carbocycles. The summed E-state index contributed by atoms with van der Waals surface area (Å²) in [5.74, 6) is -0.107. The molecule has 2 aromatic rings. The van der Waals surface area contributed by atoms with Gasteiger partial charge in [0.05, 0.1) is 13.2 Å². The number of nitrogens with one attached hydrogen (secondary N) is 1. The maximum atomic E-state index is 13.9. The van der Waals surface area contributed by atoms with Crippen LogP contribution in [-0.2, 0) is 0 Å². The Bertz CT molecular complexity index is 630. The summed E-state index contributed by atoms with van der Waals surface area (Å²) in [6, 6.07) is 10.8. The molecule has 0 aliphatic rings. The SMILES string of the molecule is CCNC(c1ccc(Cl)c(C)c1)c1ccc(OC)c(F)c1. The van der Waals surface area contributed by atoms with Gasteiger partial charge < -0.3 is 10.1 Å². The summed E-state index contributed by atoms with van der Waals surface area (Å²) in [5.41, 5.74) is 2.92. The maximum absolute atomic E-state index is 13.9. The number of hydrogen-bond acceptors (Lipinski definition) is 2. The first kappa shape index (κ1) is 15.8. The minimum atomic E-state index is -0.358. The molecule has 0 aliphatic carbocycles. The Hall–Kier alpha value is -1.58. The van der Waals surface area contributed by atoms with Crippen molar-refractivity contribution >= 4 is 11.6 Å². The Morgan fingerprint density at radius 3 is 2.43 bits per heavy atom. The van der Waals surface area contributed by atoms with Crippen molar-refractivity contribution in [3.63, 3.8) is 0 Å². The van der Waals surface area contributed by atoms with Crippen LogP contribution in [0.15, 0.2) is 36.4 Å². The van der Waals surface area contributed by atoms with E-state index in [1.54, 1.807) is 6.07 Å². The zero-order valence-electron chi connectivity index (χ0n) is 12.4. The Labute approximate surface area is 129 Å². The average molecular weight is 308 g/mol. The van der Waals surface area contributed by atoms with E-state index in [1.807, 2.05) is 38.1 Å². The van der Waals surface area contributed by atoms with Crippen LogP contribution in [0.3, 0.4) is 0 Å². The van der Waals surface area contributed by atoms with Crippen molar-refractivity contribution in [2.75, 3.05) is 13.7 Å². The number of halogens is 2. The average Bonchev–Trinajstić information content (AvgIpc) is 2.48. The van der Waals surface area contributed by atoms with E-state index in [9.17, 15) is 4.39 Å². The van der Waals surface area contributed by atoms with Gasteiger partial charge in [-0.3, -0.25) is 0 Å². The second-order valence-electron chi connectivity index (χ2n) is 4.89. The van der Waals surface area contributed by atoms with E-state index in [0.717, 1.165) is 28.3 Å². The van der Waals surface area contributed by atoms with Crippen molar-refractivity contribution in [1.82, 2.24) is 5.32 Å². The molecule has 0 fully saturated rings. The van der Waals surface area contributed by atoms with Gasteiger partial charge >= 0.3 is 0 Å². The highest BCUT2D eigenvalue weighted by molar-refractivity contribution is 6.31. The normalized spacial score (nSPS) is 12.2. The smallest absolute Gasteiger partial charge is 0.165 e. The van der Waals surface area contributed by atoms with Crippen LogP contribution < -0.4 is 10.1 Å². The maximum Gasteiger partial charge on any atom is 0.165 e. The molecule has 0 saturated heterocycles.